The Hall–Kier alpha value is -2.30. The molecule has 110 valence electrons. The lowest BCUT2D eigenvalue weighted by Crippen LogP contribution is -2.34. The normalized spacial score (nSPS) is 16.8. The summed E-state index contributed by atoms with van der Waals surface area (Å²) in [6, 6.07) is 8.20. The molecule has 0 spiro atoms. The second-order valence-corrected chi connectivity index (χ2v) is 5.29. The zero-order valence-corrected chi connectivity index (χ0v) is 12.5. The van der Waals surface area contributed by atoms with E-state index >= 15 is 0 Å². The predicted molar refractivity (Wildman–Crippen MR) is 81.1 cm³/mol. The Labute approximate surface area is 124 Å². The van der Waals surface area contributed by atoms with Gasteiger partial charge in [0.1, 0.15) is 12.4 Å². The number of nitrogens with zero attached hydrogens (tertiary/aromatic N) is 2. The van der Waals surface area contributed by atoms with Crippen LogP contribution in [0.4, 0.5) is 5.95 Å². The highest BCUT2D eigenvalue weighted by atomic mass is 16.5. The molecule has 0 aliphatic carbocycles. The monoisotopic (exact) mass is 285 g/mol. The number of ether oxygens (including phenoxy) is 2. The number of fused-ring (bicyclic) bond motifs is 1. The van der Waals surface area contributed by atoms with Crippen LogP contribution in [-0.4, -0.2) is 29.7 Å². The van der Waals surface area contributed by atoms with E-state index in [0.29, 0.717) is 18.4 Å². The fourth-order valence-corrected chi connectivity index (χ4v) is 2.57. The third-order valence-corrected chi connectivity index (χ3v) is 3.56. The molecule has 0 saturated heterocycles. The Morgan fingerprint density at radius 2 is 2.14 bits per heavy atom. The highest BCUT2D eigenvalue weighted by molar-refractivity contribution is 5.44. The fourth-order valence-electron chi connectivity index (χ4n) is 2.57. The Balaban J connectivity index is 1.77. The van der Waals surface area contributed by atoms with Crippen LogP contribution in [0.2, 0.25) is 0 Å². The van der Waals surface area contributed by atoms with E-state index in [1.54, 1.807) is 13.2 Å². The maximum absolute atomic E-state index is 5.88. The molecule has 1 aliphatic rings. The number of anilines is 1. The smallest absolute Gasteiger partial charge is 0.226 e. The quantitative estimate of drug-likeness (QED) is 0.939. The van der Waals surface area contributed by atoms with Crippen molar-refractivity contribution in [3.05, 3.63) is 41.1 Å². The van der Waals surface area contributed by atoms with Crippen molar-refractivity contribution in [3.63, 3.8) is 0 Å². The van der Waals surface area contributed by atoms with Crippen LogP contribution in [0, 0.1) is 13.8 Å². The third kappa shape index (κ3) is 2.91. The van der Waals surface area contributed by atoms with E-state index in [2.05, 4.69) is 40.4 Å². The van der Waals surface area contributed by atoms with Crippen molar-refractivity contribution in [2.75, 3.05) is 19.0 Å². The predicted octanol–water partition coefficient (Wildman–Crippen LogP) is 2.52. The summed E-state index contributed by atoms with van der Waals surface area (Å²) in [6.07, 6.45) is 0.899. The van der Waals surface area contributed by atoms with Crippen molar-refractivity contribution in [2.24, 2.45) is 0 Å². The number of methoxy groups -OCH3 is 1. The molecule has 1 N–H and O–H groups in total. The van der Waals surface area contributed by atoms with Crippen LogP contribution in [0.5, 0.6) is 11.6 Å². The summed E-state index contributed by atoms with van der Waals surface area (Å²) in [7, 11) is 1.61. The summed E-state index contributed by atoms with van der Waals surface area (Å²) in [5.74, 6) is 2.16. The molecule has 0 bridgehead atoms. The minimum absolute atomic E-state index is 0.158. The molecule has 2 aromatic rings. The Kier molecular flexibility index (Phi) is 3.64. The largest absolute Gasteiger partial charge is 0.491 e. The van der Waals surface area contributed by atoms with Gasteiger partial charge in [-0.1, -0.05) is 18.2 Å². The van der Waals surface area contributed by atoms with Gasteiger partial charge in [0.2, 0.25) is 11.8 Å². The van der Waals surface area contributed by atoms with Gasteiger partial charge in [0.15, 0.2) is 0 Å². The summed E-state index contributed by atoms with van der Waals surface area (Å²) in [5.41, 5.74) is 3.27. The topological polar surface area (TPSA) is 56.3 Å². The van der Waals surface area contributed by atoms with Crippen molar-refractivity contribution in [1.29, 1.82) is 0 Å². The number of aromatic nitrogens is 2. The molecule has 1 aromatic carbocycles. The van der Waals surface area contributed by atoms with Crippen LogP contribution < -0.4 is 14.8 Å². The molecule has 0 saturated carbocycles. The highest BCUT2D eigenvalue weighted by Gasteiger charge is 2.21. The lowest BCUT2D eigenvalue weighted by Gasteiger charge is -2.27. The van der Waals surface area contributed by atoms with E-state index in [1.807, 2.05) is 6.92 Å². The molecule has 0 amide bonds. The number of hydrogen-bond donors (Lipinski definition) is 1. The van der Waals surface area contributed by atoms with E-state index in [4.69, 9.17) is 9.47 Å². The van der Waals surface area contributed by atoms with Crippen LogP contribution in [0.25, 0.3) is 0 Å². The molecule has 2 heterocycles. The first-order valence-electron chi connectivity index (χ1n) is 7.03. The minimum atomic E-state index is 0.158. The first-order chi connectivity index (χ1) is 10.2. The minimum Gasteiger partial charge on any atom is -0.491 e. The number of nitrogens with one attached hydrogen (secondary N) is 1. The SMILES string of the molecule is COc1cc(C)nc(NC2COc3c(C)cccc3C2)n1. The molecule has 21 heavy (non-hydrogen) atoms. The van der Waals surface area contributed by atoms with Gasteiger partial charge in [-0.3, -0.25) is 0 Å². The Morgan fingerprint density at radius 3 is 2.95 bits per heavy atom. The number of para-hydroxylation sites is 1. The maximum atomic E-state index is 5.88. The molecule has 1 atom stereocenters. The van der Waals surface area contributed by atoms with Gasteiger partial charge in [0.05, 0.1) is 13.2 Å². The molecule has 0 radical (unpaired) electrons. The van der Waals surface area contributed by atoms with E-state index < -0.39 is 0 Å². The summed E-state index contributed by atoms with van der Waals surface area (Å²) in [6.45, 7) is 4.60. The molecular formula is C16H19N3O2. The number of rotatable bonds is 3. The molecule has 1 aromatic heterocycles. The molecule has 3 rings (SSSR count). The summed E-state index contributed by atoms with van der Waals surface area (Å²) < 4.78 is 11.1. The molecule has 5 nitrogen and oxygen atoms in total. The van der Waals surface area contributed by atoms with Gasteiger partial charge in [0, 0.05) is 11.8 Å². The van der Waals surface area contributed by atoms with Gasteiger partial charge in [-0.05, 0) is 31.4 Å². The van der Waals surface area contributed by atoms with Crippen molar-refractivity contribution in [3.8, 4) is 11.6 Å². The third-order valence-electron chi connectivity index (χ3n) is 3.56. The van der Waals surface area contributed by atoms with Crippen LogP contribution in [0.15, 0.2) is 24.3 Å². The van der Waals surface area contributed by atoms with Gasteiger partial charge in [-0.15, -0.1) is 0 Å². The highest BCUT2D eigenvalue weighted by Crippen LogP contribution is 2.29. The number of benzene rings is 1. The summed E-state index contributed by atoms with van der Waals surface area (Å²) >= 11 is 0. The fraction of sp³-hybridized carbons (Fsp3) is 0.375. The molecule has 1 aliphatic heterocycles. The zero-order chi connectivity index (χ0) is 14.8. The van der Waals surface area contributed by atoms with Gasteiger partial charge < -0.3 is 14.8 Å². The molecule has 5 heteroatoms. The second kappa shape index (κ2) is 5.60. The van der Waals surface area contributed by atoms with Crippen LogP contribution in [0.3, 0.4) is 0 Å². The van der Waals surface area contributed by atoms with Gasteiger partial charge in [-0.2, -0.15) is 4.98 Å². The van der Waals surface area contributed by atoms with Crippen molar-refractivity contribution in [1.82, 2.24) is 9.97 Å². The maximum Gasteiger partial charge on any atom is 0.226 e. The molecular weight excluding hydrogens is 266 g/mol. The molecule has 1 unspecified atom stereocenters. The van der Waals surface area contributed by atoms with Crippen molar-refractivity contribution < 1.29 is 9.47 Å². The Bertz CT molecular complexity index is 658. The summed E-state index contributed by atoms with van der Waals surface area (Å²) in [4.78, 5) is 8.71. The van der Waals surface area contributed by atoms with Gasteiger partial charge in [0.25, 0.3) is 0 Å². The first kappa shape index (κ1) is 13.7. The average molecular weight is 285 g/mol. The van der Waals surface area contributed by atoms with Gasteiger partial charge in [-0.25, -0.2) is 4.98 Å². The average Bonchev–Trinajstić information content (AvgIpc) is 2.46. The van der Waals surface area contributed by atoms with E-state index in [-0.39, 0.29) is 6.04 Å². The zero-order valence-electron chi connectivity index (χ0n) is 12.5. The van der Waals surface area contributed by atoms with Crippen LogP contribution in [-0.2, 0) is 6.42 Å². The van der Waals surface area contributed by atoms with Crippen molar-refractivity contribution in [2.45, 2.75) is 26.3 Å². The van der Waals surface area contributed by atoms with Crippen LogP contribution in [0.1, 0.15) is 16.8 Å². The Morgan fingerprint density at radius 1 is 1.29 bits per heavy atom. The van der Waals surface area contributed by atoms with E-state index in [9.17, 15) is 0 Å². The lowest BCUT2D eigenvalue weighted by molar-refractivity contribution is 0.270. The number of hydrogen-bond acceptors (Lipinski definition) is 5. The van der Waals surface area contributed by atoms with Crippen LogP contribution >= 0.6 is 0 Å². The van der Waals surface area contributed by atoms with Gasteiger partial charge >= 0.3 is 0 Å². The number of aryl methyl sites for hydroxylation is 2. The standard InChI is InChI=1S/C16H19N3O2/c1-10-5-4-6-12-8-13(9-21-15(10)12)18-16-17-11(2)7-14(19-16)20-3/h4-7,13H,8-9H2,1-3H3,(H,17,18,19). The van der Waals surface area contributed by atoms with E-state index in [1.165, 1.54) is 11.1 Å². The first-order valence-corrected chi connectivity index (χ1v) is 7.03. The molecule has 0 fully saturated rings. The summed E-state index contributed by atoms with van der Waals surface area (Å²) in [5, 5.41) is 3.33. The van der Waals surface area contributed by atoms with Crippen molar-refractivity contribution >= 4 is 5.95 Å². The lowest BCUT2D eigenvalue weighted by atomic mass is 10.0. The van der Waals surface area contributed by atoms with E-state index in [0.717, 1.165) is 17.9 Å². The second-order valence-electron chi connectivity index (χ2n) is 5.29.